The van der Waals surface area contributed by atoms with Crippen molar-refractivity contribution in [1.29, 1.82) is 0 Å². The molecule has 1 aromatic rings. The lowest BCUT2D eigenvalue weighted by molar-refractivity contribution is -0.559. The van der Waals surface area contributed by atoms with Gasteiger partial charge >= 0.3 is 12.0 Å². The number of benzene rings is 1. The van der Waals surface area contributed by atoms with E-state index in [0.717, 1.165) is 16.2 Å². The molecule has 1 aromatic carbocycles. The number of hydrogen-bond acceptors (Lipinski definition) is 5. The van der Waals surface area contributed by atoms with Crippen molar-refractivity contribution in [2.75, 3.05) is 14.1 Å². The molecular weight excluding hydrogens is 368 g/mol. The lowest BCUT2D eigenvalue weighted by Crippen LogP contribution is -2.63. The largest absolute Gasteiger partial charge is 0.417 e. The number of rotatable bonds is 2. The van der Waals surface area contributed by atoms with Crippen LogP contribution in [0, 0.1) is 0 Å². The van der Waals surface area contributed by atoms with Crippen LogP contribution in [0.2, 0.25) is 5.02 Å². The van der Waals surface area contributed by atoms with Gasteiger partial charge in [0, 0.05) is 19.1 Å². The summed E-state index contributed by atoms with van der Waals surface area (Å²) in [4.78, 5) is 32.4. The van der Waals surface area contributed by atoms with Crippen LogP contribution in [0.5, 0.6) is 0 Å². The summed E-state index contributed by atoms with van der Waals surface area (Å²) in [5.74, 6) is 0.738. The number of nitrogens with zero attached hydrogens (tertiary/aromatic N) is 6. The number of amides is 3. The van der Waals surface area contributed by atoms with E-state index in [1.807, 2.05) is 42.7 Å². The first-order chi connectivity index (χ1) is 12.8. The van der Waals surface area contributed by atoms with Crippen molar-refractivity contribution in [2.45, 2.75) is 32.5 Å². The monoisotopic (exact) mass is 387 g/mol. The molecule has 4 rings (SSSR count). The number of guanidine groups is 1. The molecule has 1 fully saturated rings. The molecule has 27 heavy (non-hydrogen) atoms. The first-order valence-electron chi connectivity index (χ1n) is 8.66. The molecule has 2 atom stereocenters. The van der Waals surface area contributed by atoms with Crippen LogP contribution in [-0.2, 0) is 11.3 Å². The van der Waals surface area contributed by atoms with E-state index in [4.69, 9.17) is 11.6 Å². The van der Waals surface area contributed by atoms with Gasteiger partial charge in [0.15, 0.2) is 0 Å². The highest BCUT2D eigenvalue weighted by Gasteiger charge is 2.55. The van der Waals surface area contributed by atoms with Gasteiger partial charge in [-0.2, -0.15) is 0 Å². The molecule has 0 spiro atoms. The Morgan fingerprint density at radius 1 is 1.15 bits per heavy atom. The van der Waals surface area contributed by atoms with Crippen LogP contribution in [0.15, 0.2) is 34.4 Å². The zero-order chi connectivity index (χ0) is 19.5. The highest BCUT2D eigenvalue weighted by atomic mass is 35.5. The SMILES string of the molecule is CC1=NN(Cc2ccc(Cl)cc2)C2=[N+](C1C)C1C(=O)N(C)C(=O)N(C)C1=N2. The van der Waals surface area contributed by atoms with Crippen LogP contribution in [0.3, 0.4) is 0 Å². The van der Waals surface area contributed by atoms with Crippen LogP contribution in [-0.4, -0.2) is 75.0 Å². The number of hydrazone groups is 1. The second-order valence-corrected chi connectivity index (χ2v) is 7.36. The van der Waals surface area contributed by atoms with Gasteiger partial charge in [-0.25, -0.2) is 9.37 Å². The third-order valence-corrected chi connectivity index (χ3v) is 5.48. The number of carbonyl (C=O) groups excluding carboxylic acids is 2. The molecule has 8 nitrogen and oxygen atoms in total. The zero-order valence-corrected chi connectivity index (χ0v) is 16.3. The Hall–Kier alpha value is -2.74. The normalized spacial score (nSPS) is 24.9. The number of amidine groups is 1. The molecule has 3 aliphatic rings. The molecule has 0 saturated carbocycles. The molecule has 0 N–H and O–H groups in total. The predicted octanol–water partition coefficient (Wildman–Crippen LogP) is 1.59. The van der Waals surface area contributed by atoms with Crippen LogP contribution >= 0.6 is 11.6 Å². The average molecular weight is 388 g/mol. The second kappa shape index (κ2) is 6.16. The molecule has 9 heteroatoms. The minimum Gasteiger partial charge on any atom is -0.270 e. The van der Waals surface area contributed by atoms with Crippen molar-refractivity contribution in [3.05, 3.63) is 34.9 Å². The van der Waals surface area contributed by atoms with Gasteiger partial charge in [0.2, 0.25) is 11.9 Å². The van der Waals surface area contributed by atoms with Crippen LogP contribution in [0.4, 0.5) is 4.79 Å². The maximum atomic E-state index is 12.8. The first-order valence-corrected chi connectivity index (χ1v) is 9.03. The summed E-state index contributed by atoms with van der Waals surface area (Å²) in [6, 6.07) is 6.40. The summed E-state index contributed by atoms with van der Waals surface area (Å²) >= 11 is 5.97. The van der Waals surface area contributed by atoms with Crippen LogP contribution in [0.25, 0.3) is 0 Å². The molecular formula is C18H20ClN6O2+. The Morgan fingerprint density at radius 2 is 1.81 bits per heavy atom. The van der Waals surface area contributed by atoms with E-state index < -0.39 is 6.04 Å². The standard InChI is InChI=1S/C18H20ClN6O2/c1-10-11(2)25-14-15(22(3)18(27)23(4)16(14)26)20-17(25)24(21-10)9-12-5-7-13(19)8-6-12/h5-8,11,14H,9H2,1-4H3/q+1. The molecule has 3 amide bonds. The highest BCUT2D eigenvalue weighted by Crippen LogP contribution is 2.25. The Labute approximate surface area is 162 Å². The number of likely N-dealkylation sites (N-methyl/N-ethyl adjacent to an activating group) is 2. The van der Waals surface area contributed by atoms with E-state index in [9.17, 15) is 9.59 Å². The number of imide groups is 1. The molecule has 3 heterocycles. The number of urea groups is 1. The van der Waals surface area contributed by atoms with Crippen LogP contribution < -0.4 is 0 Å². The molecule has 0 radical (unpaired) electrons. The lowest BCUT2D eigenvalue weighted by Gasteiger charge is -2.33. The fraction of sp³-hybridized carbons (Fsp3) is 0.389. The van der Waals surface area contributed by atoms with E-state index in [1.165, 1.54) is 11.9 Å². The minimum absolute atomic E-state index is 0.105. The maximum Gasteiger partial charge on any atom is 0.417 e. The Bertz CT molecular complexity index is 936. The number of aliphatic imine (C=N–C) groups is 1. The first kappa shape index (κ1) is 17.7. The molecule has 0 bridgehead atoms. The van der Waals surface area contributed by atoms with E-state index in [2.05, 4.69) is 10.1 Å². The van der Waals surface area contributed by atoms with Crippen LogP contribution in [0.1, 0.15) is 19.4 Å². The third-order valence-electron chi connectivity index (χ3n) is 5.23. The van der Waals surface area contributed by atoms with Crippen molar-refractivity contribution in [1.82, 2.24) is 14.8 Å². The van der Waals surface area contributed by atoms with E-state index >= 15 is 0 Å². The third kappa shape index (κ3) is 2.63. The van der Waals surface area contributed by atoms with Crippen molar-refractivity contribution < 1.29 is 14.2 Å². The average Bonchev–Trinajstić information content (AvgIpc) is 3.05. The quantitative estimate of drug-likeness (QED) is 0.723. The summed E-state index contributed by atoms with van der Waals surface area (Å²) < 4.78 is 1.94. The summed E-state index contributed by atoms with van der Waals surface area (Å²) in [6.45, 7) is 4.40. The van der Waals surface area contributed by atoms with Crippen molar-refractivity contribution >= 4 is 41.0 Å². The fourth-order valence-corrected chi connectivity index (χ4v) is 3.65. The Balaban J connectivity index is 1.76. The summed E-state index contributed by atoms with van der Waals surface area (Å²) in [5, 5.41) is 7.11. The maximum absolute atomic E-state index is 12.8. The van der Waals surface area contributed by atoms with Gasteiger partial charge in [-0.3, -0.25) is 14.6 Å². The second-order valence-electron chi connectivity index (χ2n) is 6.92. The van der Waals surface area contributed by atoms with Gasteiger partial charge in [-0.05, 0) is 31.5 Å². The van der Waals surface area contributed by atoms with Crippen molar-refractivity contribution in [3.63, 3.8) is 0 Å². The molecule has 0 aliphatic carbocycles. The molecule has 2 unspecified atom stereocenters. The zero-order valence-electron chi connectivity index (χ0n) is 15.5. The number of hydrogen-bond donors (Lipinski definition) is 0. The smallest absolute Gasteiger partial charge is 0.270 e. The van der Waals surface area contributed by atoms with Gasteiger partial charge < -0.3 is 0 Å². The fourth-order valence-electron chi connectivity index (χ4n) is 3.53. The number of fused-ring (bicyclic) bond motifs is 2. The predicted molar refractivity (Wildman–Crippen MR) is 102 cm³/mol. The molecule has 1 saturated heterocycles. The van der Waals surface area contributed by atoms with E-state index in [-0.39, 0.29) is 18.0 Å². The van der Waals surface area contributed by atoms with Gasteiger partial charge in [-0.15, -0.1) is 10.1 Å². The number of halogens is 1. The van der Waals surface area contributed by atoms with E-state index in [0.29, 0.717) is 23.4 Å². The minimum atomic E-state index is -0.624. The topological polar surface area (TPSA) is 71.6 Å². The van der Waals surface area contributed by atoms with Gasteiger partial charge in [0.05, 0.1) is 5.71 Å². The molecule has 0 aromatic heterocycles. The van der Waals surface area contributed by atoms with E-state index in [1.54, 1.807) is 12.1 Å². The highest BCUT2D eigenvalue weighted by molar-refractivity contribution is 6.30. The summed E-state index contributed by atoms with van der Waals surface area (Å²) in [6.07, 6.45) is 0. The van der Waals surface area contributed by atoms with Gasteiger partial charge in [0.1, 0.15) is 12.6 Å². The van der Waals surface area contributed by atoms with Crippen molar-refractivity contribution in [3.8, 4) is 0 Å². The summed E-state index contributed by atoms with van der Waals surface area (Å²) in [5.41, 5.74) is 1.89. The Morgan fingerprint density at radius 3 is 2.48 bits per heavy atom. The Kier molecular flexibility index (Phi) is 4.03. The molecule has 140 valence electrons. The van der Waals surface area contributed by atoms with Gasteiger partial charge in [-0.1, -0.05) is 28.7 Å². The number of carbonyl (C=O) groups is 2. The molecule has 3 aliphatic heterocycles. The lowest BCUT2D eigenvalue weighted by atomic mass is 10.1. The summed E-state index contributed by atoms with van der Waals surface area (Å²) in [7, 11) is 3.13. The van der Waals surface area contributed by atoms with Crippen molar-refractivity contribution in [2.24, 2.45) is 10.1 Å². The van der Waals surface area contributed by atoms with Gasteiger partial charge in [0.25, 0.3) is 5.91 Å².